The molecule has 0 aromatic heterocycles. The molecule has 22 heavy (non-hydrogen) atoms. The summed E-state index contributed by atoms with van der Waals surface area (Å²) in [7, 11) is 0. The molecule has 1 aliphatic carbocycles. The molecule has 3 rings (SSSR count). The monoisotopic (exact) mass is 301 g/mol. The molecule has 1 amide bonds. The highest BCUT2D eigenvalue weighted by molar-refractivity contribution is 5.78. The third kappa shape index (κ3) is 3.50. The first-order valence-electron chi connectivity index (χ1n) is 8.40. The maximum Gasteiger partial charge on any atom is 0.224 e. The van der Waals surface area contributed by atoms with Gasteiger partial charge in [-0.3, -0.25) is 9.69 Å². The highest BCUT2D eigenvalue weighted by Gasteiger charge is 2.37. The van der Waals surface area contributed by atoms with Crippen LogP contribution in [0.4, 0.5) is 0 Å². The van der Waals surface area contributed by atoms with Crippen LogP contribution in [0.25, 0.3) is 0 Å². The zero-order chi connectivity index (χ0) is 15.6. The van der Waals surface area contributed by atoms with Crippen LogP contribution in [0.3, 0.4) is 0 Å². The first kappa shape index (κ1) is 15.5. The molecule has 0 bridgehead atoms. The normalized spacial score (nSPS) is 24.8. The maximum atomic E-state index is 12.5. The second-order valence-electron chi connectivity index (χ2n) is 7.05. The van der Waals surface area contributed by atoms with Crippen molar-refractivity contribution in [1.82, 2.24) is 9.80 Å². The van der Waals surface area contributed by atoms with Crippen LogP contribution < -0.4 is 5.73 Å². The van der Waals surface area contributed by atoms with Gasteiger partial charge in [-0.25, -0.2) is 0 Å². The van der Waals surface area contributed by atoms with Gasteiger partial charge in [0.15, 0.2) is 0 Å². The Morgan fingerprint density at radius 3 is 2.59 bits per heavy atom. The van der Waals surface area contributed by atoms with Crippen LogP contribution in [0.1, 0.15) is 38.2 Å². The number of hydrogen-bond donors (Lipinski definition) is 1. The summed E-state index contributed by atoms with van der Waals surface area (Å²) < 4.78 is 0. The summed E-state index contributed by atoms with van der Waals surface area (Å²) in [5.74, 6) is 0.245. The van der Waals surface area contributed by atoms with Crippen molar-refractivity contribution in [2.24, 2.45) is 5.73 Å². The molecular formula is C18H27N3O. The molecule has 1 aromatic rings. The van der Waals surface area contributed by atoms with E-state index in [4.69, 9.17) is 5.73 Å². The lowest BCUT2D eigenvalue weighted by Gasteiger charge is -2.43. The molecule has 1 saturated heterocycles. The number of nitrogens with zero attached hydrogens (tertiary/aromatic N) is 2. The summed E-state index contributed by atoms with van der Waals surface area (Å²) in [5.41, 5.74) is 7.35. The van der Waals surface area contributed by atoms with Gasteiger partial charge in [0.2, 0.25) is 5.91 Å². The van der Waals surface area contributed by atoms with Gasteiger partial charge in [0.1, 0.15) is 0 Å². The smallest absolute Gasteiger partial charge is 0.224 e. The van der Waals surface area contributed by atoms with Gasteiger partial charge in [0, 0.05) is 44.2 Å². The molecule has 120 valence electrons. The van der Waals surface area contributed by atoms with Gasteiger partial charge in [-0.15, -0.1) is 0 Å². The van der Waals surface area contributed by atoms with Crippen LogP contribution in [0, 0.1) is 0 Å². The summed E-state index contributed by atoms with van der Waals surface area (Å²) in [4.78, 5) is 17.0. The molecule has 2 N–H and O–H groups in total. The van der Waals surface area contributed by atoms with Crippen molar-refractivity contribution in [2.45, 2.75) is 50.7 Å². The Bertz CT molecular complexity index is 512. The average molecular weight is 301 g/mol. The van der Waals surface area contributed by atoms with E-state index in [2.05, 4.69) is 36.1 Å². The van der Waals surface area contributed by atoms with Crippen LogP contribution in [-0.4, -0.2) is 46.9 Å². The molecule has 1 atom stereocenters. The fourth-order valence-electron chi connectivity index (χ4n) is 3.60. The number of rotatable bonds is 4. The number of amides is 1. The minimum atomic E-state index is -0.210. The summed E-state index contributed by atoms with van der Waals surface area (Å²) in [6.45, 7) is 5.83. The van der Waals surface area contributed by atoms with Gasteiger partial charge in [-0.1, -0.05) is 30.3 Å². The van der Waals surface area contributed by atoms with E-state index < -0.39 is 0 Å². The first-order chi connectivity index (χ1) is 10.6. The zero-order valence-electron chi connectivity index (χ0n) is 13.5. The molecule has 1 heterocycles. The number of nitrogens with two attached hydrogens (primary N) is 1. The predicted molar refractivity (Wildman–Crippen MR) is 88.3 cm³/mol. The van der Waals surface area contributed by atoms with Crippen LogP contribution in [0.5, 0.6) is 0 Å². The average Bonchev–Trinajstić information content (AvgIpc) is 2.46. The lowest BCUT2D eigenvalue weighted by Crippen LogP contribution is -2.57. The van der Waals surface area contributed by atoms with E-state index in [0.717, 1.165) is 39.0 Å². The van der Waals surface area contributed by atoms with E-state index in [-0.39, 0.29) is 17.5 Å². The molecular weight excluding hydrogens is 274 g/mol. The molecule has 1 aliphatic heterocycles. The van der Waals surface area contributed by atoms with Crippen molar-refractivity contribution >= 4 is 5.91 Å². The second-order valence-corrected chi connectivity index (χ2v) is 7.05. The second kappa shape index (κ2) is 6.39. The van der Waals surface area contributed by atoms with Crippen molar-refractivity contribution in [3.05, 3.63) is 35.9 Å². The number of benzene rings is 1. The third-order valence-corrected chi connectivity index (χ3v) is 5.13. The highest BCUT2D eigenvalue weighted by atomic mass is 16.2. The van der Waals surface area contributed by atoms with Gasteiger partial charge >= 0.3 is 0 Å². The molecule has 2 aliphatic rings. The van der Waals surface area contributed by atoms with Crippen LogP contribution in [0.15, 0.2) is 30.3 Å². The van der Waals surface area contributed by atoms with E-state index >= 15 is 0 Å². The van der Waals surface area contributed by atoms with Crippen molar-refractivity contribution in [2.75, 3.05) is 19.6 Å². The maximum absolute atomic E-state index is 12.5. The molecule has 0 radical (unpaired) electrons. The summed E-state index contributed by atoms with van der Waals surface area (Å²) >= 11 is 0. The lowest BCUT2D eigenvalue weighted by molar-refractivity contribution is -0.137. The van der Waals surface area contributed by atoms with Gasteiger partial charge in [-0.05, 0) is 31.7 Å². The SMILES string of the molecule is CC1CN(Cc2ccccc2)CCN1C(=O)CC1(N)CCC1. The lowest BCUT2D eigenvalue weighted by atomic mass is 9.75. The van der Waals surface area contributed by atoms with E-state index in [0.29, 0.717) is 6.42 Å². The quantitative estimate of drug-likeness (QED) is 0.925. The number of carbonyl (C=O) groups excluding carboxylic acids is 1. The Hall–Kier alpha value is -1.39. The Labute approximate surface area is 133 Å². The summed E-state index contributed by atoms with van der Waals surface area (Å²) in [5, 5.41) is 0. The van der Waals surface area contributed by atoms with Gasteiger partial charge < -0.3 is 10.6 Å². The van der Waals surface area contributed by atoms with Crippen molar-refractivity contribution < 1.29 is 4.79 Å². The molecule has 1 unspecified atom stereocenters. The van der Waals surface area contributed by atoms with Crippen molar-refractivity contribution in [1.29, 1.82) is 0 Å². The molecule has 2 fully saturated rings. The number of hydrogen-bond acceptors (Lipinski definition) is 3. The Balaban J connectivity index is 1.52. The van der Waals surface area contributed by atoms with Crippen molar-refractivity contribution in [3.8, 4) is 0 Å². The summed E-state index contributed by atoms with van der Waals surface area (Å²) in [6, 6.07) is 10.8. The van der Waals surface area contributed by atoms with E-state index in [1.54, 1.807) is 0 Å². The van der Waals surface area contributed by atoms with Crippen molar-refractivity contribution in [3.63, 3.8) is 0 Å². The minimum absolute atomic E-state index is 0.210. The first-order valence-corrected chi connectivity index (χ1v) is 8.40. The van der Waals surface area contributed by atoms with Crippen LogP contribution in [0.2, 0.25) is 0 Å². The van der Waals surface area contributed by atoms with E-state index in [1.165, 1.54) is 12.0 Å². The van der Waals surface area contributed by atoms with E-state index in [9.17, 15) is 4.79 Å². The Kier molecular flexibility index (Phi) is 4.50. The topological polar surface area (TPSA) is 49.6 Å². The van der Waals surface area contributed by atoms with Crippen LogP contribution >= 0.6 is 0 Å². The number of piperazine rings is 1. The molecule has 0 spiro atoms. The van der Waals surface area contributed by atoms with E-state index in [1.807, 2.05) is 11.0 Å². The van der Waals surface area contributed by atoms with Gasteiger partial charge in [-0.2, -0.15) is 0 Å². The fraction of sp³-hybridized carbons (Fsp3) is 0.611. The Morgan fingerprint density at radius 1 is 1.27 bits per heavy atom. The van der Waals surface area contributed by atoms with Gasteiger partial charge in [0.25, 0.3) is 0 Å². The molecule has 4 heteroatoms. The highest BCUT2D eigenvalue weighted by Crippen LogP contribution is 2.33. The number of carbonyl (C=O) groups is 1. The minimum Gasteiger partial charge on any atom is -0.337 e. The zero-order valence-corrected chi connectivity index (χ0v) is 13.5. The molecule has 1 aromatic carbocycles. The van der Waals surface area contributed by atoms with Crippen LogP contribution in [-0.2, 0) is 11.3 Å². The van der Waals surface area contributed by atoms with Gasteiger partial charge in [0.05, 0.1) is 0 Å². The fourth-order valence-corrected chi connectivity index (χ4v) is 3.60. The standard InChI is InChI=1S/C18H27N3O/c1-15-13-20(14-16-6-3-2-4-7-16)10-11-21(15)17(22)12-18(19)8-5-9-18/h2-4,6-7,15H,5,8-14,19H2,1H3. The predicted octanol–water partition coefficient (Wildman–Crippen LogP) is 1.99. The molecule has 4 nitrogen and oxygen atoms in total. The largest absolute Gasteiger partial charge is 0.337 e. The Morgan fingerprint density at radius 2 is 2.00 bits per heavy atom. The molecule has 1 saturated carbocycles. The summed E-state index contributed by atoms with van der Waals surface area (Å²) in [6.07, 6.45) is 3.70. The third-order valence-electron chi connectivity index (χ3n) is 5.13.